The Labute approximate surface area is 154 Å². The molecule has 2 fully saturated rings. The third-order valence-corrected chi connectivity index (χ3v) is 5.52. The van der Waals surface area contributed by atoms with Crippen molar-refractivity contribution in [3.63, 3.8) is 0 Å². The van der Waals surface area contributed by atoms with Crippen LogP contribution in [0.4, 0.5) is 0 Å². The number of likely N-dealkylation sites (tertiary alicyclic amines) is 1. The summed E-state index contributed by atoms with van der Waals surface area (Å²) in [5.41, 5.74) is 1.73. The summed E-state index contributed by atoms with van der Waals surface area (Å²) in [5, 5.41) is 10.5. The zero-order valence-corrected chi connectivity index (χ0v) is 14.9. The second kappa shape index (κ2) is 7.54. The third-order valence-electron chi connectivity index (χ3n) is 5.52. The van der Waals surface area contributed by atoms with Gasteiger partial charge in [0.05, 0.1) is 11.7 Å². The molecule has 26 heavy (non-hydrogen) atoms. The van der Waals surface area contributed by atoms with Gasteiger partial charge in [0.1, 0.15) is 5.82 Å². The molecule has 2 heterocycles. The molecule has 0 bridgehead atoms. The molecule has 1 aliphatic carbocycles. The van der Waals surface area contributed by atoms with Gasteiger partial charge in [-0.1, -0.05) is 30.3 Å². The summed E-state index contributed by atoms with van der Waals surface area (Å²) in [6.07, 6.45) is 7.64. The lowest BCUT2D eigenvalue weighted by atomic mass is 9.88. The average molecular weight is 351 g/mol. The van der Waals surface area contributed by atoms with Crippen LogP contribution in [0.1, 0.15) is 53.3 Å². The summed E-state index contributed by atoms with van der Waals surface area (Å²) in [4.78, 5) is 23.2. The number of carbonyl (C=O) groups excluding carboxylic acids is 1. The van der Waals surface area contributed by atoms with Crippen molar-refractivity contribution in [2.75, 3.05) is 13.1 Å². The van der Waals surface area contributed by atoms with Crippen molar-refractivity contribution >= 4 is 5.91 Å². The van der Waals surface area contributed by atoms with Gasteiger partial charge < -0.3 is 10.0 Å². The zero-order valence-electron chi connectivity index (χ0n) is 14.9. The van der Waals surface area contributed by atoms with Gasteiger partial charge in [0.25, 0.3) is 5.91 Å². The lowest BCUT2D eigenvalue weighted by Crippen LogP contribution is -2.41. The second-order valence-electron chi connectivity index (χ2n) is 7.49. The fourth-order valence-electron chi connectivity index (χ4n) is 3.69. The number of amides is 1. The van der Waals surface area contributed by atoms with Crippen LogP contribution in [0.25, 0.3) is 0 Å². The first kappa shape index (κ1) is 17.2. The van der Waals surface area contributed by atoms with Crippen LogP contribution in [0.5, 0.6) is 0 Å². The molecule has 2 aliphatic rings. The van der Waals surface area contributed by atoms with Crippen LogP contribution in [-0.4, -0.2) is 45.1 Å². The maximum Gasteiger partial charge on any atom is 0.256 e. The summed E-state index contributed by atoms with van der Waals surface area (Å²) < 4.78 is 0. The van der Waals surface area contributed by atoms with Crippen molar-refractivity contribution in [1.29, 1.82) is 0 Å². The van der Waals surface area contributed by atoms with Crippen molar-refractivity contribution < 1.29 is 9.90 Å². The number of aromatic nitrogens is 2. The van der Waals surface area contributed by atoms with E-state index in [2.05, 4.69) is 9.97 Å². The number of nitrogens with zero attached hydrogens (tertiary/aromatic N) is 3. The van der Waals surface area contributed by atoms with Gasteiger partial charge in [0, 0.05) is 31.4 Å². The van der Waals surface area contributed by atoms with Crippen LogP contribution in [0, 0.1) is 5.92 Å². The lowest BCUT2D eigenvalue weighted by molar-refractivity contribution is 0.0467. The number of hydrogen-bond donors (Lipinski definition) is 1. The van der Waals surface area contributed by atoms with Gasteiger partial charge in [0.2, 0.25) is 0 Å². The van der Waals surface area contributed by atoms with Gasteiger partial charge in [-0.2, -0.15) is 0 Å². The molecule has 1 atom stereocenters. The van der Waals surface area contributed by atoms with Crippen molar-refractivity contribution in [3.05, 3.63) is 59.7 Å². The van der Waals surface area contributed by atoms with Crippen LogP contribution in [0.15, 0.2) is 42.7 Å². The van der Waals surface area contributed by atoms with Crippen molar-refractivity contribution in [1.82, 2.24) is 14.9 Å². The Hall–Kier alpha value is -2.27. The van der Waals surface area contributed by atoms with Crippen molar-refractivity contribution in [2.45, 2.75) is 44.1 Å². The molecular weight excluding hydrogens is 326 g/mol. The first-order valence-corrected chi connectivity index (χ1v) is 9.54. The molecule has 0 unspecified atom stereocenters. The molecule has 0 radical (unpaired) electrons. The zero-order chi connectivity index (χ0) is 17.9. The van der Waals surface area contributed by atoms with Crippen LogP contribution < -0.4 is 0 Å². The van der Waals surface area contributed by atoms with E-state index in [0.717, 1.165) is 37.1 Å². The van der Waals surface area contributed by atoms with E-state index >= 15 is 0 Å². The highest BCUT2D eigenvalue weighted by Crippen LogP contribution is 2.37. The van der Waals surface area contributed by atoms with Crippen LogP contribution in [-0.2, 0) is 6.42 Å². The van der Waals surface area contributed by atoms with E-state index in [4.69, 9.17) is 0 Å². The summed E-state index contributed by atoms with van der Waals surface area (Å²) in [6.45, 7) is 1.36. The molecule has 0 spiro atoms. The fourth-order valence-corrected chi connectivity index (χ4v) is 3.69. The summed E-state index contributed by atoms with van der Waals surface area (Å²) >= 11 is 0. The van der Waals surface area contributed by atoms with Gasteiger partial charge in [-0.25, -0.2) is 9.97 Å². The van der Waals surface area contributed by atoms with Crippen LogP contribution in [0.3, 0.4) is 0 Å². The number of hydrogen-bond acceptors (Lipinski definition) is 4. The molecular formula is C21H25N3O2. The second-order valence-corrected chi connectivity index (χ2v) is 7.49. The highest BCUT2D eigenvalue weighted by atomic mass is 16.3. The van der Waals surface area contributed by atoms with Gasteiger partial charge in [-0.3, -0.25) is 4.79 Å². The Balaban J connectivity index is 1.30. The summed E-state index contributed by atoms with van der Waals surface area (Å²) in [5.74, 6) is 1.61. The Morgan fingerprint density at radius 3 is 2.35 bits per heavy atom. The molecule has 2 aromatic rings. The summed E-state index contributed by atoms with van der Waals surface area (Å²) in [7, 11) is 0. The van der Waals surface area contributed by atoms with Crippen LogP contribution >= 0.6 is 0 Å². The molecule has 5 heteroatoms. The largest absolute Gasteiger partial charge is 0.392 e. The molecule has 5 nitrogen and oxygen atoms in total. The molecule has 1 amide bonds. The SMILES string of the molecule is O=C(c1cnc(C2CC2)nc1)N1CCC([C@H](O)Cc2ccccc2)CC1. The quantitative estimate of drug-likeness (QED) is 0.899. The number of aliphatic hydroxyl groups excluding tert-OH is 1. The first-order chi connectivity index (χ1) is 12.7. The van der Waals surface area contributed by atoms with E-state index < -0.39 is 0 Å². The smallest absolute Gasteiger partial charge is 0.256 e. The molecule has 1 saturated heterocycles. The predicted molar refractivity (Wildman–Crippen MR) is 98.8 cm³/mol. The Kier molecular flexibility index (Phi) is 4.98. The van der Waals surface area contributed by atoms with E-state index in [9.17, 15) is 9.90 Å². The van der Waals surface area contributed by atoms with E-state index in [1.165, 1.54) is 0 Å². The third kappa shape index (κ3) is 3.93. The normalized spacial score (nSPS) is 19.3. The Morgan fingerprint density at radius 1 is 1.08 bits per heavy atom. The van der Waals surface area contributed by atoms with Gasteiger partial charge in [-0.05, 0) is 43.6 Å². The number of carbonyl (C=O) groups is 1. The Bertz CT molecular complexity index is 736. The summed E-state index contributed by atoms with van der Waals surface area (Å²) in [6, 6.07) is 10.1. The highest BCUT2D eigenvalue weighted by Gasteiger charge is 2.29. The number of rotatable bonds is 5. The average Bonchev–Trinajstić information content (AvgIpc) is 3.54. The molecule has 1 aromatic carbocycles. The lowest BCUT2D eigenvalue weighted by Gasteiger charge is -2.34. The van der Waals surface area contributed by atoms with E-state index in [0.29, 0.717) is 31.0 Å². The minimum atomic E-state index is -0.351. The van der Waals surface area contributed by atoms with E-state index in [1.807, 2.05) is 35.2 Å². The van der Waals surface area contributed by atoms with E-state index in [-0.39, 0.29) is 17.9 Å². The van der Waals surface area contributed by atoms with Gasteiger partial charge >= 0.3 is 0 Å². The molecule has 136 valence electrons. The van der Waals surface area contributed by atoms with Crippen molar-refractivity contribution in [3.8, 4) is 0 Å². The number of benzene rings is 1. The van der Waals surface area contributed by atoms with Crippen molar-refractivity contribution in [2.24, 2.45) is 5.92 Å². The number of piperidine rings is 1. The maximum absolute atomic E-state index is 12.6. The predicted octanol–water partition coefficient (Wildman–Crippen LogP) is 2.81. The topological polar surface area (TPSA) is 66.3 Å². The van der Waals surface area contributed by atoms with E-state index in [1.54, 1.807) is 12.4 Å². The standard InChI is InChI=1S/C21H25N3O2/c25-19(12-15-4-2-1-3-5-15)16-8-10-24(11-9-16)21(26)18-13-22-20(23-14-18)17-6-7-17/h1-5,13-14,16-17,19,25H,6-12H2/t19-/m1/s1. The molecule has 4 rings (SSSR count). The molecule has 1 aliphatic heterocycles. The molecule has 1 N–H and O–H groups in total. The molecule has 1 aromatic heterocycles. The fraction of sp³-hybridized carbons (Fsp3) is 0.476. The molecule has 1 saturated carbocycles. The van der Waals surface area contributed by atoms with Crippen LogP contribution in [0.2, 0.25) is 0 Å². The maximum atomic E-state index is 12.6. The highest BCUT2D eigenvalue weighted by molar-refractivity contribution is 5.93. The minimum absolute atomic E-state index is 0.00310. The monoisotopic (exact) mass is 351 g/mol. The number of aliphatic hydroxyl groups is 1. The minimum Gasteiger partial charge on any atom is -0.392 e. The first-order valence-electron chi connectivity index (χ1n) is 9.54. The van der Waals surface area contributed by atoms with Gasteiger partial charge in [-0.15, -0.1) is 0 Å². The van der Waals surface area contributed by atoms with Gasteiger partial charge in [0.15, 0.2) is 0 Å². The Morgan fingerprint density at radius 2 is 1.73 bits per heavy atom.